The van der Waals surface area contributed by atoms with Crippen LogP contribution in [0.2, 0.25) is 5.02 Å². The number of urea groups is 1. The topological polar surface area (TPSA) is 149 Å². The molecule has 57 heavy (non-hydrogen) atoms. The number of benzene rings is 2. The van der Waals surface area contributed by atoms with Gasteiger partial charge in [0.15, 0.2) is 5.82 Å². The predicted molar refractivity (Wildman–Crippen MR) is 223 cm³/mol. The van der Waals surface area contributed by atoms with Gasteiger partial charge in [-0.05, 0) is 93.2 Å². The molecule has 0 spiro atoms. The van der Waals surface area contributed by atoms with E-state index >= 15 is 0 Å². The molecule has 0 radical (unpaired) electrons. The van der Waals surface area contributed by atoms with Gasteiger partial charge in [-0.2, -0.15) is 9.40 Å². The second-order valence-electron chi connectivity index (χ2n) is 16.1. The van der Waals surface area contributed by atoms with Crippen LogP contribution in [0.4, 0.5) is 27.9 Å². The van der Waals surface area contributed by atoms with Gasteiger partial charge in [-0.15, -0.1) is 0 Å². The van der Waals surface area contributed by atoms with Crippen LogP contribution in [-0.4, -0.2) is 96.3 Å². The van der Waals surface area contributed by atoms with E-state index in [2.05, 4.69) is 53.7 Å². The standard InChI is InChI=1S/C41H53ClN10O4S/c1-48-37-26-34(10-11-36(37)39(47-48)52-24-17-38(53)46-41(52)54)49-18-4-7-29(12-19-49)5-2-6-30-13-20-50(21-14-30)33-8-3-9-35(25-33)57(55,56)51-22-15-32(16-23-51)45-40-43-27-31(42)28-44-40/h3,8-11,25-30,32H,2,4-7,12-24H2,1H3,(H,43,44,45)(H,46,53,54). The zero-order valence-corrected chi connectivity index (χ0v) is 34.2. The Morgan fingerprint density at radius 1 is 0.825 bits per heavy atom. The lowest BCUT2D eigenvalue weighted by Gasteiger charge is -2.34. The maximum absolute atomic E-state index is 13.7. The van der Waals surface area contributed by atoms with Crippen LogP contribution < -0.4 is 25.3 Å². The maximum atomic E-state index is 13.7. The molecule has 4 saturated heterocycles. The number of hydrogen-bond acceptors (Lipinski definition) is 10. The summed E-state index contributed by atoms with van der Waals surface area (Å²) in [4.78, 5) is 39.4. The number of aromatic nitrogens is 4. The highest BCUT2D eigenvalue weighted by Crippen LogP contribution is 2.34. The van der Waals surface area contributed by atoms with Crippen molar-refractivity contribution >= 4 is 67.6 Å². The van der Waals surface area contributed by atoms with Crippen molar-refractivity contribution in [1.82, 2.24) is 29.4 Å². The predicted octanol–water partition coefficient (Wildman–Crippen LogP) is 6.42. The van der Waals surface area contributed by atoms with Crippen LogP contribution in [-0.2, 0) is 21.9 Å². The average molecular weight is 817 g/mol. The number of piperidine rings is 2. The van der Waals surface area contributed by atoms with E-state index in [1.54, 1.807) is 27.7 Å². The number of rotatable bonds is 11. The summed E-state index contributed by atoms with van der Waals surface area (Å²) in [6.07, 6.45) is 14.4. The lowest BCUT2D eigenvalue weighted by atomic mass is 9.88. The summed E-state index contributed by atoms with van der Waals surface area (Å²) in [6.45, 7) is 5.17. The van der Waals surface area contributed by atoms with Crippen LogP contribution in [0.25, 0.3) is 10.9 Å². The van der Waals surface area contributed by atoms with E-state index in [4.69, 9.17) is 11.6 Å². The molecule has 6 heterocycles. The normalized spacial score (nSPS) is 20.9. The molecule has 1 unspecified atom stereocenters. The number of carbonyl (C=O) groups is 2. The van der Waals surface area contributed by atoms with Gasteiger partial charge in [0.2, 0.25) is 21.9 Å². The van der Waals surface area contributed by atoms with Crippen molar-refractivity contribution in [3.8, 4) is 0 Å². The van der Waals surface area contributed by atoms with Gasteiger partial charge in [0.05, 0.1) is 27.8 Å². The van der Waals surface area contributed by atoms with Crippen molar-refractivity contribution in [3.63, 3.8) is 0 Å². The largest absolute Gasteiger partial charge is 0.371 e. The van der Waals surface area contributed by atoms with E-state index in [1.807, 2.05) is 29.9 Å². The smallest absolute Gasteiger partial charge is 0.329 e. The first-order chi connectivity index (χ1) is 27.6. The zero-order chi connectivity index (χ0) is 39.5. The third-order valence-electron chi connectivity index (χ3n) is 12.4. The molecule has 4 aliphatic rings. The highest BCUT2D eigenvalue weighted by Gasteiger charge is 2.31. The number of anilines is 4. The van der Waals surface area contributed by atoms with Crippen molar-refractivity contribution in [1.29, 1.82) is 0 Å². The molecular weight excluding hydrogens is 764 g/mol. The average Bonchev–Trinajstić information content (AvgIpc) is 3.36. The second kappa shape index (κ2) is 17.2. The number of fused-ring (bicyclic) bond motifs is 1. The molecule has 4 aromatic rings. The molecular formula is C41H53ClN10O4S. The maximum Gasteiger partial charge on any atom is 0.329 e. The van der Waals surface area contributed by atoms with Crippen LogP contribution in [0, 0.1) is 11.8 Å². The molecule has 8 rings (SSSR count). The van der Waals surface area contributed by atoms with E-state index in [0.29, 0.717) is 60.1 Å². The molecule has 2 aromatic carbocycles. The number of nitrogens with one attached hydrogen (secondary N) is 2. The quantitative estimate of drug-likeness (QED) is 0.174. The lowest BCUT2D eigenvalue weighted by molar-refractivity contribution is -0.120. The molecule has 1 atom stereocenters. The van der Waals surface area contributed by atoms with Gasteiger partial charge >= 0.3 is 6.03 Å². The minimum Gasteiger partial charge on any atom is -0.371 e. The first-order valence-corrected chi connectivity index (χ1v) is 22.3. The van der Waals surface area contributed by atoms with Crippen LogP contribution in [0.5, 0.6) is 0 Å². The van der Waals surface area contributed by atoms with Crippen molar-refractivity contribution in [2.45, 2.75) is 81.6 Å². The fraction of sp³-hybridized carbons (Fsp3) is 0.537. The Kier molecular flexibility index (Phi) is 11.9. The summed E-state index contributed by atoms with van der Waals surface area (Å²) < 4.78 is 30.8. The Morgan fingerprint density at radius 2 is 1.51 bits per heavy atom. The molecule has 4 aliphatic heterocycles. The third kappa shape index (κ3) is 9.00. The van der Waals surface area contributed by atoms with Crippen LogP contribution in [0.3, 0.4) is 0 Å². The van der Waals surface area contributed by atoms with Gasteiger partial charge < -0.3 is 15.1 Å². The number of aryl methyl sites for hydroxylation is 1. The molecule has 0 saturated carbocycles. The summed E-state index contributed by atoms with van der Waals surface area (Å²) in [5.74, 6) is 2.28. The number of nitrogens with zero attached hydrogens (tertiary/aromatic N) is 8. The van der Waals surface area contributed by atoms with E-state index in [0.717, 1.165) is 61.5 Å². The van der Waals surface area contributed by atoms with E-state index in [-0.39, 0.29) is 18.4 Å². The van der Waals surface area contributed by atoms with Crippen molar-refractivity contribution in [2.75, 3.05) is 65.8 Å². The molecule has 2 N–H and O–H groups in total. The van der Waals surface area contributed by atoms with Gasteiger partial charge in [0.1, 0.15) is 0 Å². The number of amides is 3. The van der Waals surface area contributed by atoms with Crippen LogP contribution >= 0.6 is 11.6 Å². The van der Waals surface area contributed by atoms with Crippen molar-refractivity contribution in [2.24, 2.45) is 18.9 Å². The first kappa shape index (κ1) is 39.4. The number of halogens is 1. The van der Waals surface area contributed by atoms with E-state index < -0.39 is 16.1 Å². The summed E-state index contributed by atoms with van der Waals surface area (Å²) in [6, 6.07) is 13.6. The minimum absolute atomic E-state index is 0.104. The molecule has 0 bridgehead atoms. The Morgan fingerprint density at radius 3 is 2.23 bits per heavy atom. The highest BCUT2D eigenvalue weighted by molar-refractivity contribution is 7.89. The van der Waals surface area contributed by atoms with Gasteiger partial charge in [0.25, 0.3) is 0 Å². The highest BCUT2D eigenvalue weighted by atomic mass is 35.5. The Bertz CT molecular complexity index is 2170. The number of hydrogen-bond donors (Lipinski definition) is 2. The van der Waals surface area contributed by atoms with E-state index in [9.17, 15) is 18.0 Å². The van der Waals surface area contributed by atoms with Gasteiger partial charge in [0, 0.05) is 82.1 Å². The van der Waals surface area contributed by atoms with Crippen molar-refractivity contribution < 1.29 is 18.0 Å². The Hall–Kier alpha value is -4.47. The molecule has 304 valence electrons. The first-order valence-electron chi connectivity index (χ1n) is 20.5. The molecule has 16 heteroatoms. The summed E-state index contributed by atoms with van der Waals surface area (Å²) in [5.41, 5.74) is 3.15. The minimum atomic E-state index is -3.60. The Balaban J connectivity index is 0.776. The monoisotopic (exact) mass is 816 g/mol. The zero-order valence-electron chi connectivity index (χ0n) is 32.7. The number of carbonyl (C=O) groups excluding carboxylic acids is 2. The third-order valence-corrected chi connectivity index (χ3v) is 14.5. The fourth-order valence-corrected chi connectivity index (χ4v) is 10.7. The molecule has 0 aliphatic carbocycles. The fourth-order valence-electron chi connectivity index (χ4n) is 9.08. The van der Waals surface area contributed by atoms with Crippen LogP contribution in [0.15, 0.2) is 59.8 Å². The molecule has 2 aromatic heterocycles. The number of imide groups is 1. The SMILES string of the molecule is Cn1nc(N2CCC(=O)NC2=O)c2ccc(N3CCCC(CCCC4CCN(c5cccc(S(=O)(=O)N6CCC(Nc7ncc(Cl)cn7)CC6)c5)CC4)CC3)cc21. The molecule has 3 amide bonds. The summed E-state index contributed by atoms with van der Waals surface area (Å²) in [5, 5.41) is 11.8. The van der Waals surface area contributed by atoms with Crippen molar-refractivity contribution in [3.05, 3.63) is 59.9 Å². The van der Waals surface area contributed by atoms with Gasteiger partial charge in [-0.3, -0.25) is 19.7 Å². The summed E-state index contributed by atoms with van der Waals surface area (Å²) >= 11 is 5.90. The summed E-state index contributed by atoms with van der Waals surface area (Å²) in [7, 11) is -1.69. The second-order valence-corrected chi connectivity index (χ2v) is 18.5. The van der Waals surface area contributed by atoms with Gasteiger partial charge in [-0.25, -0.2) is 23.2 Å². The van der Waals surface area contributed by atoms with E-state index in [1.165, 1.54) is 44.2 Å². The molecule has 4 fully saturated rings. The Labute approximate surface area is 340 Å². The van der Waals surface area contributed by atoms with Crippen LogP contribution in [0.1, 0.15) is 70.6 Å². The van der Waals surface area contributed by atoms with Gasteiger partial charge in [-0.1, -0.05) is 36.9 Å². The lowest BCUT2D eigenvalue weighted by Crippen LogP contribution is -2.49. The molecule has 14 nitrogen and oxygen atoms in total. The number of sulfonamides is 1.